The molecule has 0 bridgehead atoms. The Kier molecular flexibility index (Phi) is 4.63. The van der Waals surface area contributed by atoms with Crippen molar-refractivity contribution >= 4 is 17.7 Å². The molecule has 0 atom stereocenters. The Morgan fingerprint density at radius 2 is 1.95 bits per heavy atom. The monoisotopic (exact) mass is 292 g/mol. The van der Waals surface area contributed by atoms with E-state index in [0.717, 1.165) is 10.6 Å². The zero-order valence-corrected chi connectivity index (χ0v) is 11.6. The molecular weight excluding hydrogens is 279 g/mol. The van der Waals surface area contributed by atoms with Crippen LogP contribution in [0.25, 0.3) is 0 Å². The maximum atomic E-state index is 13.3. The van der Waals surface area contributed by atoms with Crippen molar-refractivity contribution in [1.29, 1.82) is 0 Å². The number of ether oxygens (including phenoxy) is 1. The van der Waals surface area contributed by atoms with E-state index in [2.05, 4.69) is 0 Å². The highest BCUT2D eigenvalue weighted by molar-refractivity contribution is 7.99. The summed E-state index contributed by atoms with van der Waals surface area (Å²) < 4.78 is 18.4. The van der Waals surface area contributed by atoms with Crippen molar-refractivity contribution in [1.82, 2.24) is 0 Å². The summed E-state index contributed by atoms with van der Waals surface area (Å²) in [4.78, 5) is 12.3. The Bertz CT molecular complexity index is 611. The quantitative estimate of drug-likeness (QED) is 0.914. The molecular formula is C15H13FO3S. The van der Waals surface area contributed by atoms with E-state index in [-0.39, 0.29) is 12.2 Å². The highest BCUT2D eigenvalue weighted by Gasteiger charge is 2.09. The van der Waals surface area contributed by atoms with Gasteiger partial charge in [-0.3, -0.25) is 4.79 Å². The van der Waals surface area contributed by atoms with Crippen molar-refractivity contribution < 1.29 is 19.0 Å². The topological polar surface area (TPSA) is 46.5 Å². The lowest BCUT2D eigenvalue weighted by atomic mass is 10.1. The highest BCUT2D eigenvalue weighted by atomic mass is 32.2. The summed E-state index contributed by atoms with van der Waals surface area (Å²) in [5.41, 5.74) is 0.597. The molecule has 0 aliphatic heterocycles. The van der Waals surface area contributed by atoms with E-state index in [9.17, 15) is 9.18 Å². The third-order valence-electron chi connectivity index (χ3n) is 2.66. The normalized spacial score (nSPS) is 10.3. The van der Waals surface area contributed by atoms with E-state index < -0.39 is 5.97 Å². The molecule has 3 nitrogen and oxygen atoms in total. The van der Waals surface area contributed by atoms with Crippen LogP contribution in [0, 0.1) is 5.82 Å². The maximum absolute atomic E-state index is 13.3. The van der Waals surface area contributed by atoms with E-state index in [0.29, 0.717) is 10.5 Å². The van der Waals surface area contributed by atoms with Crippen molar-refractivity contribution in [3.63, 3.8) is 0 Å². The van der Waals surface area contributed by atoms with Crippen LogP contribution in [-0.2, 0) is 11.2 Å². The number of hydrogen-bond donors (Lipinski definition) is 1. The van der Waals surface area contributed by atoms with Gasteiger partial charge in [0.15, 0.2) is 0 Å². The van der Waals surface area contributed by atoms with E-state index >= 15 is 0 Å². The first-order valence-corrected chi connectivity index (χ1v) is 6.72. The number of benzene rings is 2. The SMILES string of the molecule is COc1ccc(Sc2cc(F)ccc2CC(=O)O)cc1. The molecule has 0 spiro atoms. The molecule has 0 aliphatic rings. The van der Waals surface area contributed by atoms with Crippen LogP contribution < -0.4 is 4.74 Å². The lowest BCUT2D eigenvalue weighted by Gasteiger charge is -2.08. The average Bonchev–Trinajstić information content (AvgIpc) is 2.42. The summed E-state index contributed by atoms with van der Waals surface area (Å²) in [5, 5.41) is 8.88. The molecule has 2 aromatic carbocycles. The second-order valence-corrected chi connectivity index (χ2v) is 5.22. The fraction of sp³-hybridized carbons (Fsp3) is 0.133. The summed E-state index contributed by atoms with van der Waals surface area (Å²) in [7, 11) is 1.58. The first-order valence-electron chi connectivity index (χ1n) is 5.90. The molecule has 5 heteroatoms. The summed E-state index contributed by atoms with van der Waals surface area (Å²) in [6.45, 7) is 0. The first-order chi connectivity index (χ1) is 9.58. The zero-order valence-electron chi connectivity index (χ0n) is 10.8. The molecule has 0 saturated heterocycles. The third kappa shape index (κ3) is 3.74. The lowest BCUT2D eigenvalue weighted by molar-refractivity contribution is -0.136. The van der Waals surface area contributed by atoms with Gasteiger partial charge in [0, 0.05) is 9.79 Å². The molecule has 2 rings (SSSR count). The van der Waals surface area contributed by atoms with E-state index in [1.165, 1.54) is 30.0 Å². The van der Waals surface area contributed by atoms with Gasteiger partial charge in [-0.1, -0.05) is 17.8 Å². The molecule has 0 saturated carbocycles. The average molecular weight is 292 g/mol. The van der Waals surface area contributed by atoms with Crippen LogP contribution in [0.15, 0.2) is 52.3 Å². The van der Waals surface area contributed by atoms with Crippen LogP contribution >= 0.6 is 11.8 Å². The van der Waals surface area contributed by atoms with Crippen LogP contribution in [0.5, 0.6) is 5.75 Å². The number of carbonyl (C=O) groups is 1. The Labute approximate surface area is 120 Å². The molecule has 104 valence electrons. The van der Waals surface area contributed by atoms with Gasteiger partial charge >= 0.3 is 5.97 Å². The predicted molar refractivity (Wildman–Crippen MR) is 74.9 cm³/mol. The molecule has 0 radical (unpaired) electrons. The van der Waals surface area contributed by atoms with Gasteiger partial charge < -0.3 is 9.84 Å². The summed E-state index contributed by atoms with van der Waals surface area (Å²) in [6.07, 6.45) is -0.126. The summed E-state index contributed by atoms with van der Waals surface area (Å²) >= 11 is 1.33. The minimum Gasteiger partial charge on any atom is -0.497 e. The number of halogens is 1. The van der Waals surface area contributed by atoms with Gasteiger partial charge in [0.05, 0.1) is 13.5 Å². The molecule has 0 amide bonds. The number of carboxylic acids is 1. The van der Waals surface area contributed by atoms with Crippen LogP contribution in [-0.4, -0.2) is 18.2 Å². The van der Waals surface area contributed by atoms with Gasteiger partial charge in [-0.05, 0) is 42.0 Å². The second-order valence-electron chi connectivity index (χ2n) is 4.10. The Balaban J connectivity index is 2.26. The molecule has 0 aliphatic carbocycles. The van der Waals surface area contributed by atoms with Gasteiger partial charge in [0.1, 0.15) is 11.6 Å². The fourth-order valence-electron chi connectivity index (χ4n) is 1.70. The molecule has 0 aromatic heterocycles. The molecule has 2 aromatic rings. The van der Waals surface area contributed by atoms with Crippen molar-refractivity contribution in [2.75, 3.05) is 7.11 Å². The number of aliphatic carboxylic acids is 1. The molecule has 0 fully saturated rings. The molecule has 20 heavy (non-hydrogen) atoms. The Morgan fingerprint density at radius 3 is 2.55 bits per heavy atom. The largest absolute Gasteiger partial charge is 0.497 e. The second kappa shape index (κ2) is 6.43. The zero-order chi connectivity index (χ0) is 14.5. The first kappa shape index (κ1) is 14.4. The van der Waals surface area contributed by atoms with Crippen molar-refractivity contribution in [3.05, 3.63) is 53.8 Å². The summed E-state index contributed by atoms with van der Waals surface area (Å²) in [5.74, 6) is -0.581. The van der Waals surface area contributed by atoms with Gasteiger partial charge in [0.2, 0.25) is 0 Å². The van der Waals surface area contributed by atoms with Crippen molar-refractivity contribution in [2.24, 2.45) is 0 Å². The number of carboxylic acid groups (broad SMARTS) is 1. The number of rotatable bonds is 5. The maximum Gasteiger partial charge on any atom is 0.307 e. The highest BCUT2D eigenvalue weighted by Crippen LogP contribution is 2.32. The number of hydrogen-bond acceptors (Lipinski definition) is 3. The van der Waals surface area contributed by atoms with Crippen LogP contribution in [0.1, 0.15) is 5.56 Å². The predicted octanol–water partition coefficient (Wildman–Crippen LogP) is 3.61. The molecule has 0 unspecified atom stereocenters. The Hall–Kier alpha value is -2.01. The molecule has 0 heterocycles. The van der Waals surface area contributed by atoms with Gasteiger partial charge in [0.25, 0.3) is 0 Å². The van der Waals surface area contributed by atoms with Gasteiger partial charge in [-0.2, -0.15) is 0 Å². The van der Waals surface area contributed by atoms with E-state index in [1.54, 1.807) is 19.2 Å². The van der Waals surface area contributed by atoms with E-state index in [1.807, 2.05) is 12.1 Å². The number of methoxy groups -OCH3 is 1. The van der Waals surface area contributed by atoms with Crippen molar-refractivity contribution in [2.45, 2.75) is 16.2 Å². The van der Waals surface area contributed by atoms with Crippen LogP contribution in [0.4, 0.5) is 4.39 Å². The fourth-order valence-corrected chi connectivity index (χ4v) is 2.67. The third-order valence-corrected chi connectivity index (χ3v) is 3.77. The van der Waals surface area contributed by atoms with E-state index in [4.69, 9.17) is 9.84 Å². The minimum atomic E-state index is -0.937. The van der Waals surface area contributed by atoms with Gasteiger partial charge in [-0.15, -0.1) is 0 Å². The van der Waals surface area contributed by atoms with Crippen LogP contribution in [0.3, 0.4) is 0 Å². The Morgan fingerprint density at radius 1 is 1.25 bits per heavy atom. The minimum absolute atomic E-state index is 0.126. The van der Waals surface area contributed by atoms with Crippen LogP contribution in [0.2, 0.25) is 0 Å². The summed E-state index contributed by atoms with van der Waals surface area (Å²) in [6, 6.07) is 11.4. The van der Waals surface area contributed by atoms with Crippen molar-refractivity contribution in [3.8, 4) is 5.75 Å². The smallest absolute Gasteiger partial charge is 0.307 e. The standard InChI is InChI=1S/C15H13FO3S/c1-19-12-4-6-13(7-5-12)20-14-9-11(16)3-2-10(14)8-15(17)18/h2-7,9H,8H2,1H3,(H,17,18). The van der Waals surface area contributed by atoms with Gasteiger partial charge in [-0.25, -0.2) is 4.39 Å². The lowest BCUT2D eigenvalue weighted by Crippen LogP contribution is -2.01. The molecule has 1 N–H and O–H groups in total.